The highest BCUT2D eigenvalue weighted by Crippen LogP contribution is 2.30. The highest BCUT2D eigenvalue weighted by atomic mass is 32.1. The molecule has 3 aromatic carbocycles. The van der Waals surface area contributed by atoms with Gasteiger partial charge in [-0.2, -0.15) is 0 Å². The quantitative estimate of drug-likeness (QED) is 0.172. The van der Waals surface area contributed by atoms with Crippen LogP contribution in [-0.4, -0.2) is 21.5 Å². The molecule has 0 aliphatic heterocycles. The number of thiazole rings is 2. The van der Waals surface area contributed by atoms with Gasteiger partial charge in [0, 0.05) is 24.2 Å². The van der Waals surface area contributed by atoms with E-state index in [9.17, 15) is 9.59 Å². The van der Waals surface area contributed by atoms with E-state index >= 15 is 0 Å². The van der Waals surface area contributed by atoms with Gasteiger partial charge in [-0.1, -0.05) is 108 Å². The maximum absolute atomic E-state index is 13.1. The van der Waals surface area contributed by atoms with Crippen LogP contribution in [-0.2, 0) is 13.1 Å². The third-order valence-electron chi connectivity index (χ3n) is 5.70. The average Bonchev–Trinajstić information content (AvgIpc) is 3.52. The lowest BCUT2D eigenvalue weighted by atomic mass is 10.0. The van der Waals surface area contributed by atoms with Gasteiger partial charge in [0.05, 0.1) is 0 Å². The van der Waals surface area contributed by atoms with E-state index in [1.807, 2.05) is 60.7 Å². The van der Waals surface area contributed by atoms with Crippen molar-refractivity contribution >= 4 is 56.1 Å². The van der Waals surface area contributed by atoms with Crippen molar-refractivity contribution in [1.82, 2.24) is 9.97 Å². The van der Waals surface area contributed by atoms with Crippen molar-refractivity contribution in [2.75, 3.05) is 22.1 Å². The molecule has 6 N–H and O–H groups in total. The first kappa shape index (κ1) is 25.1. The second-order valence-corrected chi connectivity index (χ2v) is 10.4. The van der Waals surface area contributed by atoms with E-state index in [1.165, 1.54) is 22.7 Å². The Hall–Kier alpha value is -4.54. The minimum atomic E-state index is -0.253. The molecule has 0 fully saturated rings. The Kier molecular flexibility index (Phi) is 7.43. The van der Waals surface area contributed by atoms with Crippen LogP contribution in [0.5, 0.6) is 0 Å². The van der Waals surface area contributed by atoms with Crippen molar-refractivity contribution in [3.63, 3.8) is 0 Å². The lowest BCUT2D eigenvalue weighted by Gasteiger charge is -2.03. The summed E-state index contributed by atoms with van der Waals surface area (Å²) >= 11 is 2.41. The van der Waals surface area contributed by atoms with Crippen molar-refractivity contribution in [3.8, 4) is 0 Å². The summed E-state index contributed by atoms with van der Waals surface area (Å²) < 4.78 is 0. The van der Waals surface area contributed by atoms with Crippen LogP contribution < -0.4 is 22.1 Å². The van der Waals surface area contributed by atoms with Gasteiger partial charge < -0.3 is 22.1 Å². The van der Waals surface area contributed by atoms with E-state index in [2.05, 4.69) is 20.6 Å². The minimum Gasteiger partial charge on any atom is -0.382 e. The van der Waals surface area contributed by atoms with E-state index in [4.69, 9.17) is 11.5 Å². The van der Waals surface area contributed by atoms with Gasteiger partial charge in [-0.05, 0) is 11.1 Å². The van der Waals surface area contributed by atoms with Crippen molar-refractivity contribution in [1.29, 1.82) is 0 Å². The van der Waals surface area contributed by atoms with E-state index in [-0.39, 0.29) is 23.2 Å². The van der Waals surface area contributed by atoms with Gasteiger partial charge >= 0.3 is 0 Å². The molecule has 10 heteroatoms. The lowest BCUT2D eigenvalue weighted by molar-refractivity contribution is 0.103. The Balaban J connectivity index is 1.25. The summed E-state index contributed by atoms with van der Waals surface area (Å²) in [5, 5.41) is 7.55. The molecular weight excluding hydrogens is 516 g/mol. The summed E-state index contributed by atoms with van der Waals surface area (Å²) in [6.07, 6.45) is 0. The molecule has 0 amide bonds. The van der Waals surface area contributed by atoms with Crippen LogP contribution in [0.4, 0.5) is 21.9 Å². The van der Waals surface area contributed by atoms with E-state index in [0.717, 1.165) is 11.1 Å². The Morgan fingerprint density at radius 3 is 1.34 bits per heavy atom. The van der Waals surface area contributed by atoms with Gasteiger partial charge in [0.25, 0.3) is 0 Å². The molecule has 0 aliphatic carbocycles. The van der Waals surface area contributed by atoms with Crippen molar-refractivity contribution in [3.05, 3.63) is 117 Å². The van der Waals surface area contributed by atoms with Crippen LogP contribution in [0.2, 0.25) is 0 Å². The van der Waals surface area contributed by atoms with Gasteiger partial charge in [-0.15, -0.1) is 0 Å². The number of nitrogens with two attached hydrogens (primary N) is 2. The maximum atomic E-state index is 13.1. The first-order valence-electron chi connectivity index (χ1n) is 11.8. The first-order valence-corrected chi connectivity index (χ1v) is 13.4. The smallest absolute Gasteiger partial charge is 0.206 e. The number of nitrogens with one attached hydrogen (secondary N) is 2. The minimum absolute atomic E-state index is 0.170. The van der Waals surface area contributed by atoms with Crippen molar-refractivity contribution in [2.24, 2.45) is 0 Å². The number of rotatable bonds is 10. The third kappa shape index (κ3) is 5.72. The summed E-state index contributed by atoms with van der Waals surface area (Å²) in [7, 11) is 0. The highest BCUT2D eigenvalue weighted by molar-refractivity contribution is 7.18. The molecule has 2 aromatic heterocycles. The number of carbonyl (C=O) groups excluding carboxylic acids is 2. The lowest BCUT2D eigenvalue weighted by Crippen LogP contribution is -2.05. The van der Waals surface area contributed by atoms with Gasteiger partial charge in [-0.3, -0.25) is 9.59 Å². The number of hydrogen-bond donors (Lipinski definition) is 4. The molecule has 0 unspecified atom stereocenters. The fourth-order valence-electron chi connectivity index (χ4n) is 3.72. The van der Waals surface area contributed by atoms with E-state index < -0.39 is 0 Å². The third-order valence-corrected chi connectivity index (χ3v) is 7.76. The largest absolute Gasteiger partial charge is 0.382 e. The number of benzene rings is 3. The number of ketones is 2. The van der Waals surface area contributed by atoms with E-state index in [0.29, 0.717) is 44.2 Å². The van der Waals surface area contributed by atoms with E-state index in [1.54, 1.807) is 24.3 Å². The molecule has 0 aliphatic rings. The predicted molar refractivity (Wildman–Crippen MR) is 154 cm³/mol. The standard InChI is InChI=1S/C28H24N6O2S2/c29-25-23(37-27(33-25)31-15-17-7-3-1-4-8-17)21(35)19-11-13-20(14-12-19)22(36)24-26(30)34-28(38-24)32-16-18-9-5-2-6-10-18/h1-14H,15-16,29-30H2,(H,31,33)(H,32,34). The number of nitrogens with zero attached hydrogens (tertiary/aromatic N) is 2. The topological polar surface area (TPSA) is 136 Å². The number of hydrogen-bond acceptors (Lipinski definition) is 10. The fourth-order valence-corrected chi connectivity index (χ4v) is 5.41. The molecule has 0 spiro atoms. The molecular formula is C28H24N6O2S2. The Bertz CT molecular complexity index is 1450. The predicted octanol–water partition coefficient (Wildman–Crippen LogP) is 5.45. The molecule has 0 saturated carbocycles. The van der Waals surface area contributed by atoms with Gasteiger partial charge in [-0.25, -0.2) is 9.97 Å². The molecule has 0 atom stereocenters. The number of aromatic nitrogens is 2. The van der Waals surface area contributed by atoms with Gasteiger partial charge in [0.1, 0.15) is 21.4 Å². The van der Waals surface area contributed by atoms with Gasteiger partial charge in [0.15, 0.2) is 10.3 Å². The van der Waals surface area contributed by atoms with Crippen molar-refractivity contribution in [2.45, 2.75) is 13.1 Å². The van der Waals surface area contributed by atoms with Crippen LogP contribution in [0.15, 0.2) is 84.9 Å². The van der Waals surface area contributed by atoms with Crippen LogP contribution in [0.25, 0.3) is 0 Å². The molecule has 190 valence electrons. The van der Waals surface area contributed by atoms with Crippen LogP contribution in [0.1, 0.15) is 41.6 Å². The number of carbonyl (C=O) groups is 2. The molecule has 0 saturated heterocycles. The highest BCUT2D eigenvalue weighted by Gasteiger charge is 2.21. The molecule has 0 bridgehead atoms. The average molecular weight is 541 g/mol. The fraction of sp³-hybridized carbons (Fsp3) is 0.0714. The first-order chi connectivity index (χ1) is 18.5. The summed E-state index contributed by atoms with van der Waals surface area (Å²) in [5.41, 5.74) is 15.1. The summed E-state index contributed by atoms with van der Waals surface area (Å²) in [4.78, 5) is 35.5. The second-order valence-electron chi connectivity index (χ2n) is 8.38. The summed E-state index contributed by atoms with van der Waals surface area (Å²) in [6.45, 7) is 1.14. The van der Waals surface area contributed by atoms with Crippen molar-refractivity contribution < 1.29 is 9.59 Å². The SMILES string of the molecule is Nc1nc(NCc2ccccc2)sc1C(=O)c1ccc(C(=O)c2sc(NCc3ccccc3)nc2N)cc1. The number of nitrogen functional groups attached to an aromatic ring is 2. The second kappa shape index (κ2) is 11.2. The Morgan fingerprint density at radius 2 is 0.974 bits per heavy atom. The molecule has 5 aromatic rings. The zero-order valence-corrected chi connectivity index (χ0v) is 21.8. The zero-order valence-electron chi connectivity index (χ0n) is 20.2. The molecule has 0 radical (unpaired) electrons. The molecule has 5 rings (SSSR count). The van der Waals surface area contributed by atoms with Crippen LogP contribution in [0, 0.1) is 0 Å². The summed E-state index contributed by atoms with van der Waals surface area (Å²) in [6, 6.07) is 26.2. The van der Waals surface area contributed by atoms with Gasteiger partial charge in [0.2, 0.25) is 11.6 Å². The molecule has 2 heterocycles. The summed E-state index contributed by atoms with van der Waals surface area (Å²) in [5.74, 6) is -0.166. The van der Waals surface area contributed by atoms with Crippen LogP contribution >= 0.6 is 22.7 Å². The Morgan fingerprint density at radius 1 is 0.605 bits per heavy atom. The monoisotopic (exact) mass is 540 g/mol. The zero-order chi connectivity index (χ0) is 26.5. The maximum Gasteiger partial charge on any atom is 0.206 e. The normalized spacial score (nSPS) is 10.7. The molecule has 8 nitrogen and oxygen atoms in total. The Labute approximate surface area is 227 Å². The van der Waals surface area contributed by atoms with Crippen LogP contribution in [0.3, 0.4) is 0 Å². The molecule has 38 heavy (non-hydrogen) atoms. The number of anilines is 4.